The highest BCUT2D eigenvalue weighted by molar-refractivity contribution is 5.99. The molecule has 4 aromatic rings. The van der Waals surface area contributed by atoms with E-state index in [2.05, 4.69) is 20.3 Å². The number of hydrogen-bond donors (Lipinski definition) is 3. The average molecular weight is 527 g/mol. The van der Waals surface area contributed by atoms with E-state index in [9.17, 15) is 4.79 Å². The third-order valence-corrected chi connectivity index (χ3v) is 5.78. The van der Waals surface area contributed by atoms with Crippen molar-refractivity contribution in [3.05, 3.63) is 24.5 Å². The van der Waals surface area contributed by atoms with Gasteiger partial charge in [-0.25, -0.2) is 14.6 Å². The number of benzene rings is 1. The van der Waals surface area contributed by atoms with Gasteiger partial charge in [-0.3, -0.25) is 4.79 Å². The molecule has 0 aliphatic heterocycles. The second kappa shape index (κ2) is 13.7. The molecule has 0 saturated carbocycles. The summed E-state index contributed by atoms with van der Waals surface area (Å²) in [6.07, 6.45) is 3.30. The number of aryl methyl sites for hydroxylation is 1. The predicted octanol–water partition coefficient (Wildman–Crippen LogP) is 2.16. The summed E-state index contributed by atoms with van der Waals surface area (Å²) < 4.78 is 23.2. The highest BCUT2D eigenvalue weighted by Gasteiger charge is 2.18. The van der Waals surface area contributed by atoms with Gasteiger partial charge in [0.25, 0.3) is 6.01 Å². The minimum atomic E-state index is -0.0431. The molecule has 0 unspecified atom stereocenters. The van der Waals surface area contributed by atoms with E-state index in [0.29, 0.717) is 92.8 Å². The minimum Gasteiger partial charge on any atom is -0.424 e. The Morgan fingerprint density at radius 3 is 2.66 bits per heavy atom. The largest absolute Gasteiger partial charge is 0.424 e. The van der Waals surface area contributed by atoms with Gasteiger partial charge in [-0.1, -0.05) is 0 Å². The van der Waals surface area contributed by atoms with Gasteiger partial charge in [-0.2, -0.15) is 10.1 Å². The normalized spacial score (nSPS) is 11.5. The number of ether oxygens (including phenoxy) is 3. The van der Waals surface area contributed by atoms with Crippen LogP contribution in [0.5, 0.6) is 0 Å². The zero-order valence-electron chi connectivity index (χ0n) is 21.5. The van der Waals surface area contributed by atoms with Crippen molar-refractivity contribution in [2.75, 3.05) is 57.7 Å². The monoisotopic (exact) mass is 526 g/mol. The van der Waals surface area contributed by atoms with E-state index in [0.717, 1.165) is 18.4 Å². The van der Waals surface area contributed by atoms with Gasteiger partial charge in [0.1, 0.15) is 23.4 Å². The highest BCUT2D eigenvalue weighted by atomic mass is 16.5. The molecule has 4 rings (SSSR count). The summed E-state index contributed by atoms with van der Waals surface area (Å²) in [5.74, 6) is 0.307. The second-order valence-corrected chi connectivity index (χ2v) is 8.49. The van der Waals surface area contributed by atoms with Crippen LogP contribution in [-0.4, -0.2) is 76.8 Å². The van der Waals surface area contributed by atoms with Crippen LogP contribution in [0.2, 0.25) is 0 Å². The summed E-state index contributed by atoms with van der Waals surface area (Å²) >= 11 is 0. The fraction of sp³-hybridized carbons (Fsp3) is 0.480. The van der Waals surface area contributed by atoms with Gasteiger partial charge in [0.05, 0.1) is 38.4 Å². The van der Waals surface area contributed by atoms with E-state index < -0.39 is 0 Å². The molecule has 0 saturated heterocycles. The van der Waals surface area contributed by atoms with Crippen LogP contribution in [-0.2, 0) is 25.5 Å². The fourth-order valence-electron chi connectivity index (χ4n) is 3.93. The smallest absolute Gasteiger partial charge is 0.292 e. The van der Waals surface area contributed by atoms with Crippen LogP contribution in [0.3, 0.4) is 0 Å². The number of nitrogens with one attached hydrogen (secondary N) is 1. The molecule has 0 bridgehead atoms. The number of hydrogen-bond acceptors (Lipinski definition) is 11. The van der Waals surface area contributed by atoms with Gasteiger partial charge in [0.15, 0.2) is 11.2 Å². The molecule has 0 spiro atoms. The Bertz CT molecular complexity index is 1340. The number of nitrogens with zero attached hydrogens (tertiary/aromatic N) is 5. The zero-order valence-corrected chi connectivity index (χ0v) is 21.5. The van der Waals surface area contributed by atoms with Crippen molar-refractivity contribution in [3.63, 3.8) is 0 Å². The lowest BCUT2D eigenvalue weighted by Crippen LogP contribution is -2.26. The Hall–Kier alpha value is -3.81. The first-order valence-corrected chi connectivity index (χ1v) is 12.7. The molecule has 0 aliphatic rings. The lowest BCUT2D eigenvalue weighted by atomic mass is 10.1. The van der Waals surface area contributed by atoms with Gasteiger partial charge in [-0.05, 0) is 38.0 Å². The van der Waals surface area contributed by atoms with Crippen molar-refractivity contribution < 1.29 is 23.4 Å². The van der Waals surface area contributed by atoms with E-state index in [-0.39, 0.29) is 11.9 Å². The highest BCUT2D eigenvalue weighted by Crippen LogP contribution is 2.32. The molecule has 38 heavy (non-hydrogen) atoms. The Morgan fingerprint density at radius 1 is 1.05 bits per heavy atom. The first-order valence-electron chi connectivity index (χ1n) is 12.7. The van der Waals surface area contributed by atoms with Crippen molar-refractivity contribution in [3.8, 4) is 11.3 Å². The van der Waals surface area contributed by atoms with Crippen LogP contribution in [0.15, 0.2) is 28.9 Å². The van der Waals surface area contributed by atoms with E-state index in [1.54, 1.807) is 6.07 Å². The van der Waals surface area contributed by atoms with Crippen molar-refractivity contribution in [1.29, 1.82) is 0 Å². The van der Waals surface area contributed by atoms with Gasteiger partial charge in [0, 0.05) is 31.7 Å². The molecular formula is C25H34N8O5. The molecule has 204 valence electrons. The van der Waals surface area contributed by atoms with E-state index in [1.165, 1.54) is 6.33 Å². The lowest BCUT2D eigenvalue weighted by Gasteiger charge is -2.07. The second-order valence-electron chi connectivity index (χ2n) is 8.49. The van der Waals surface area contributed by atoms with Crippen molar-refractivity contribution in [2.45, 2.75) is 32.7 Å². The predicted molar refractivity (Wildman–Crippen MR) is 142 cm³/mol. The zero-order chi connectivity index (χ0) is 26.7. The third kappa shape index (κ3) is 7.15. The summed E-state index contributed by atoms with van der Waals surface area (Å²) in [6, 6.07) is 5.63. The number of carbonyl (C=O) groups excluding carboxylic acids is 1. The summed E-state index contributed by atoms with van der Waals surface area (Å²) in [6.45, 7) is 6.21. The van der Waals surface area contributed by atoms with Gasteiger partial charge in [-0.15, -0.1) is 0 Å². The number of anilines is 2. The molecule has 13 heteroatoms. The fourth-order valence-corrected chi connectivity index (χ4v) is 3.93. The molecule has 1 aromatic carbocycles. The van der Waals surface area contributed by atoms with Crippen molar-refractivity contribution >= 4 is 39.9 Å². The van der Waals surface area contributed by atoms with Gasteiger partial charge in [0.2, 0.25) is 5.91 Å². The number of rotatable bonds is 16. The molecule has 0 atom stereocenters. The van der Waals surface area contributed by atoms with E-state index >= 15 is 0 Å². The molecule has 13 nitrogen and oxygen atoms in total. The maximum atomic E-state index is 12.0. The minimum absolute atomic E-state index is 0.0431. The van der Waals surface area contributed by atoms with Crippen LogP contribution in [0.1, 0.15) is 26.2 Å². The summed E-state index contributed by atoms with van der Waals surface area (Å²) in [5, 5.41) is 8.38. The van der Waals surface area contributed by atoms with Crippen LogP contribution in [0.25, 0.3) is 33.4 Å². The number of nitrogen functional groups attached to an aromatic ring is 2. The number of fused-ring (bicyclic) bond motifs is 2. The van der Waals surface area contributed by atoms with E-state index in [1.807, 2.05) is 23.7 Å². The van der Waals surface area contributed by atoms with Gasteiger partial charge < -0.3 is 35.4 Å². The van der Waals surface area contributed by atoms with Gasteiger partial charge >= 0.3 is 0 Å². The summed E-state index contributed by atoms with van der Waals surface area (Å²) in [4.78, 5) is 24.8. The van der Waals surface area contributed by atoms with Crippen LogP contribution in [0.4, 0.5) is 11.8 Å². The number of oxazole rings is 1. The molecule has 0 fully saturated rings. The standard InChI is InChI=1S/C25H34N8O5/c1-2-35-11-12-37-14-13-36-10-7-20(34)28-8-3-4-9-33-24-21(23(26)29-16-30-24)22(32-33)17-5-6-19-18(15-17)31-25(27)38-19/h5-6,15-16H,2-4,7-14H2,1H3,(H2,27,31)(H,28,34)(H2,26,29,30). The SMILES string of the molecule is CCOCCOCCOCCC(=O)NCCCCn1nc(-c2ccc3oc(N)nc3c2)c2c(N)ncnc21. The van der Waals surface area contributed by atoms with Crippen LogP contribution >= 0.6 is 0 Å². The Labute approximate surface area is 219 Å². The Kier molecular flexibility index (Phi) is 9.78. The molecule has 1 amide bonds. The topological polar surface area (TPSA) is 178 Å². The average Bonchev–Trinajstić information content (AvgIpc) is 3.47. The summed E-state index contributed by atoms with van der Waals surface area (Å²) in [7, 11) is 0. The third-order valence-electron chi connectivity index (χ3n) is 5.78. The molecule has 5 N–H and O–H groups in total. The number of unbranched alkanes of at least 4 members (excludes halogenated alkanes) is 1. The molecule has 3 aromatic heterocycles. The molecular weight excluding hydrogens is 492 g/mol. The van der Waals surface area contributed by atoms with E-state index in [4.69, 9.17) is 35.2 Å². The number of nitrogens with two attached hydrogens (primary N) is 2. The first kappa shape index (κ1) is 27.2. The molecule has 0 aliphatic carbocycles. The quantitative estimate of drug-likeness (QED) is 0.182. The molecule has 0 radical (unpaired) electrons. The van der Waals surface area contributed by atoms with Crippen molar-refractivity contribution in [2.24, 2.45) is 0 Å². The maximum Gasteiger partial charge on any atom is 0.292 e. The summed E-state index contributed by atoms with van der Waals surface area (Å²) in [5.41, 5.74) is 15.2. The van der Waals surface area contributed by atoms with Crippen LogP contribution in [0, 0.1) is 0 Å². The number of aromatic nitrogens is 5. The lowest BCUT2D eigenvalue weighted by molar-refractivity contribution is -0.122. The number of carbonyl (C=O) groups is 1. The Morgan fingerprint density at radius 2 is 1.84 bits per heavy atom. The maximum absolute atomic E-state index is 12.0. The first-order chi connectivity index (χ1) is 18.6. The van der Waals surface area contributed by atoms with Crippen LogP contribution < -0.4 is 16.8 Å². The number of amides is 1. The van der Waals surface area contributed by atoms with Crippen molar-refractivity contribution in [1.82, 2.24) is 30.0 Å². The Balaban J connectivity index is 1.23. The molecule has 3 heterocycles.